The Labute approximate surface area is 192 Å². The van der Waals surface area contributed by atoms with Crippen molar-refractivity contribution in [3.8, 4) is 5.69 Å². The van der Waals surface area contributed by atoms with Gasteiger partial charge in [-0.3, -0.25) is 15.5 Å². The lowest BCUT2D eigenvalue weighted by molar-refractivity contribution is -0.384. The molecule has 3 aromatic rings. The molecule has 0 atom stereocenters. The van der Waals surface area contributed by atoms with Gasteiger partial charge < -0.3 is 9.30 Å². The molecule has 0 amide bonds. The second kappa shape index (κ2) is 9.77. The van der Waals surface area contributed by atoms with E-state index in [2.05, 4.69) is 10.5 Å². The van der Waals surface area contributed by atoms with Crippen LogP contribution in [0.2, 0.25) is 0 Å². The molecule has 1 heterocycles. The van der Waals surface area contributed by atoms with Crippen molar-refractivity contribution >= 4 is 23.6 Å². The van der Waals surface area contributed by atoms with Gasteiger partial charge in [0, 0.05) is 28.7 Å². The monoisotopic (exact) mass is 474 g/mol. The molecule has 3 rings (SSSR count). The van der Waals surface area contributed by atoms with Crippen LogP contribution < -0.4 is 5.43 Å². The van der Waals surface area contributed by atoms with Gasteiger partial charge in [-0.1, -0.05) is 0 Å². The van der Waals surface area contributed by atoms with Crippen molar-refractivity contribution in [2.75, 3.05) is 12.0 Å². The van der Waals surface area contributed by atoms with E-state index in [1.54, 1.807) is 31.2 Å². The van der Waals surface area contributed by atoms with Gasteiger partial charge in [0.25, 0.3) is 5.69 Å². The number of anilines is 1. The van der Waals surface area contributed by atoms with Crippen LogP contribution in [0.3, 0.4) is 0 Å². The minimum Gasteiger partial charge on any atom is -0.462 e. The maximum Gasteiger partial charge on any atom is 0.416 e. The van der Waals surface area contributed by atoms with Crippen LogP contribution >= 0.6 is 0 Å². The Hall–Kier alpha value is -4.15. The molecule has 0 radical (unpaired) electrons. The third kappa shape index (κ3) is 5.25. The zero-order valence-electron chi connectivity index (χ0n) is 18.5. The fraction of sp³-hybridized carbons (Fsp3) is 0.217. The number of ether oxygens (including phenoxy) is 1. The smallest absolute Gasteiger partial charge is 0.416 e. The minimum absolute atomic E-state index is 0.169. The van der Waals surface area contributed by atoms with Gasteiger partial charge in [-0.2, -0.15) is 18.3 Å². The van der Waals surface area contributed by atoms with Crippen molar-refractivity contribution in [1.82, 2.24) is 4.57 Å². The molecular formula is C23H21F3N4O4. The Kier molecular flexibility index (Phi) is 7.04. The van der Waals surface area contributed by atoms with E-state index in [-0.39, 0.29) is 12.3 Å². The molecule has 11 heteroatoms. The second-order valence-corrected chi connectivity index (χ2v) is 7.29. The molecule has 8 nitrogen and oxygen atoms in total. The number of carbonyl (C=O) groups excluding carboxylic acids is 1. The van der Waals surface area contributed by atoms with E-state index in [4.69, 9.17) is 4.74 Å². The van der Waals surface area contributed by atoms with Crippen LogP contribution in [-0.4, -0.2) is 28.3 Å². The lowest BCUT2D eigenvalue weighted by atomic mass is 10.1. The molecular weight excluding hydrogens is 453 g/mol. The molecule has 0 spiro atoms. The summed E-state index contributed by atoms with van der Waals surface area (Å²) in [6.45, 7) is 5.72. The number of carbonyl (C=O) groups is 1. The number of nitro groups is 1. The summed E-state index contributed by atoms with van der Waals surface area (Å²) in [6, 6.07) is 10.9. The Morgan fingerprint density at radius 2 is 1.85 bits per heavy atom. The van der Waals surface area contributed by atoms with E-state index in [1.807, 2.05) is 24.5 Å². The first kappa shape index (κ1) is 24.5. The van der Waals surface area contributed by atoms with Gasteiger partial charge in [-0.15, -0.1) is 0 Å². The Morgan fingerprint density at radius 1 is 1.18 bits per heavy atom. The fourth-order valence-electron chi connectivity index (χ4n) is 3.40. The van der Waals surface area contributed by atoms with Crippen molar-refractivity contribution in [3.63, 3.8) is 0 Å². The Bertz CT molecular complexity index is 1250. The Balaban J connectivity index is 1.83. The number of nitrogens with zero attached hydrogens (tertiary/aromatic N) is 3. The zero-order chi connectivity index (χ0) is 25.0. The predicted molar refractivity (Wildman–Crippen MR) is 121 cm³/mol. The van der Waals surface area contributed by atoms with Gasteiger partial charge >= 0.3 is 12.1 Å². The highest BCUT2D eigenvalue weighted by Gasteiger charge is 2.33. The number of aryl methyl sites for hydroxylation is 1. The molecule has 0 bridgehead atoms. The van der Waals surface area contributed by atoms with Gasteiger partial charge in [-0.05, 0) is 63.2 Å². The van der Waals surface area contributed by atoms with Crippen LogP contribution in [0.25, 0.3) is 5.69 Å². The van der Waals surface area contributed by atoms with Gasteiger partial charge in [0.2, 0.25) is 0 Å². The lowest BCUT2D eigenvalue weighted by Crippen LogP contribution is -2.06. The van der Waals surface area contributed by atoms with Crippen molar-refractivity contribution in [1.29, 1.82) is 0 Å². The van der Waals surface area contributed by atoms with Crippen LogP contribution in [0.15, 0.2) is 53.6 Å². The summed E-state index contributed by atoms with van der Waals surface area (Å²) in [6.07, 6.45) is -3.27. The van der Waals surface area contributed by atoms with Gasteiger partial charge in [0.15, 0.2) is 0 Å². The molecule has 2 aromatic carbocycles. The molecule has 0 saturated heterocycles. The average Bonchev–Trinajstić information content (AvgIpc) is 3.06. The number of nitrogens with one attached hydrogen (secondary N) is 1. The van der Waals surface area contributed by atoms with Gasteiger partial charge in [-0.25, -0.2) is 4.79 Å². The minimum atomic E-state index is -4.70. The number of nitro benzene ring substituents is 1. The number of hydrogen-bond donors (Lipinski definition) is 1. The highest BCUT2D eigenvalue weighted by molar-refractivity contribution is 5.89. The standard InChI is InChI=1S/C23H21F3N4O4/c1-4-34-22(31)16-5-8-19(9-6-16)29-14(2)11-17(15(29)3)13-27-28-20-10-7-18(23(24,25)26)12-21(20)30(32)33/h5-13,28H,4H2,1-3H3/b27-13-. The van der Waals surface area contributed by atoms with Crippen LogP contribution in [0, 0.1) is 24.0 Å². The number of rotatable bonds is 7. The first-order chi connectivity index (χ1) is 16.0. The highest BCUT2D eigenvalue weighted by Crippen LogP contribution is 2.35. The number of hydrogen-bond acceptors (Lipinski definition) is 6. The number of hydrazone groups is 1. The van der Waals surface area contributed by atoms with E-state index in [9.17, 15) is 28.1 Å². The molecule has 1 aromatic heterocycles. The second-order valence-electron chi connectivity index (χ2n) is 7.29. The first-order valence-corrected chi connectivity index (χ1v) is 10.1. The maximum absolute atomic E-state index is 12.9. The van der Waals surface area contributed by atoms with Gasteiger partial charge in [0.1, 0.15) is 5.69 Å². The van der Waals surface area contributed by atoms with Crippen molar-refractivity contribution in [2.45, 2.75) is 26.9 Å². The SMILES string of the molecule is CCOC(=O)c1ccc(-n2c(C)cc(/C=N\Nc3ccc(C(F)(F)F)cc3[N+](=O)[O-])c2C)cc1. The summed E-state index contributed by atoms with van der Waals surface area (Å²) >= 11 is 0. The zero-order valence-corrected chi connectivity index (χ0v) is 18.5. The van der Waals surface area contributed by atoms with E-state index in [0.29, 0.717) is 17.2 Å². The summed E-state index contributed by atoms with van der Waals surface area (Å²) in [5.41, 5.74) is 4.01. The van der Waals surface area contributed by atoms with E-state index in [1.165, 1.54) is 6.21 Å². The van der Waals surface area contributed by atoms with Crippen molar-refractivity contribution in [2.24, 2.45) is 5.10 Å². The molecule has 0 aliphatic rings. The van der Waals surface area contributed by atoms with Crippen LogP contribution in [0.1, 0.15) is 39.8 Å². The number of alkyl halides is 3. The van der Waals surface area contributed by atoms with Crippen LogP contribution in [0.5, 0.6) is 0 Å². The summed E-state index contributed by atoms with van der Waals surface area (Å²) in [5.74, 6) is -0.411. The van der Waals surface area contributed by atoms with Crippen molar-refractivity contribution in [3.05, 3.63) is 86.7 Å². The third-order valence-electron chi connectivity index (χ3n) is 5.02. The quantitative estimate of drug-likeness (QED) is 0.207. The molecule has 34 heavy (non-hydrogen) atoms. The number of esters is 1. The van der Waals surface area contributed by atoms with E-state index in [0.717, 1.165) is 29.2 Å². The molecule has 0 aliphatic heterocycles. The average molecular weight is 474 g/mol. The summed E-state index contributed by atoms with van der Waals surface area (Å²) < 4.78 is 45.5. The molecule has 1 N–H and O–H groups in total. The van der Waals surface area contributed by atoms with E-state index >= 15 is 0 Å². The summed E-state index contributed by atoms with van der Waals surface area (Å²) in [4.78, 5) is 22.2. The maximum atomic E-state index is 12.9. The number of halogens is 3. The number of benzene rings is 2. The number of aromatic nitrogens is 1. The van der Waals surface area contributed by atoms with Crippen LogP contribution in [-0.2, 0) is 10.9 Å². The van der Waals surface area contributed by atoms with E-state index < -0.39 is 28.3 Å². The third-order valence-corrected chi connectivity index (χ3v) is 5.02. The lowest BCUT2D eigenvalue weighted by Gasteiger charge is -2.10. The topological polar surface area (TPSA) is 98.8 Å². The molecule has 0 fully saturated rings. The predicted octanol–water partition coefficient (Wildman–Crippen LogP) is 5.64. The largest absolute Gasteiger partial charge is 0.462 e. The van der Waals surface area contributed by atoms with Crippen LogP contribution in [0.4, 0.5) is 24.5 Å². The summed E-state index contributed by atoms with van der Waals surface area (Å²) in [7, 11) is 0. The molecule has 0 unspecified atom stereocenters. The first-order valence-electron chi connectivity index (χ1n) is 10.1. The molecule has 0 aliphatic carbocycles. The fourth-order valence-corrected chi connectivity index (χ4v) is 3.40. The highest BCUT2D eigenvalue weighted by atomic mass is 19.4. The summed E-state index contributed by atoms with van der Waals surface area (Å²) in [5, 5.41) is 15.2. The van der Waals surface area contributed by atoms with Gasteiger partial charge in [0.05, 0.1) is 28.9 Å². The van der Waals surface area contributed by atoms with Crippen molar-refractivity contribution < 1.29 is 27.6 Å². The normalized spacial score (nSPS) is 11.6. The molecule has 0 saturated carbocycles. The molecule has 178 valence electrons. The Morgan fingerprint density at radius 3 is 2.44 bits per heavy atom.